The van der Waals surface area contributed by atoms with Gasteiger partial charge in [-0.25, -0.2) is 4.39 Å². The van der Waals surface area contributed by atoms with E-state index in [1.807, 2.05) is 7.05 Å². The molecule has 0 unspecified atom stereocenters. The third-order valence-corrected chi connectivity index (χ3v) is 2.89. The SMILES string of the molecule is CNCCN(C)C(=O)c1cc(F)ccc1Br.Cl. The fourth-order valence-electron chi connectivity index (χ4n) is 1.25. The van der Waals surface area contributed by atoms with Crippen LogP contribution in [0.15, 0.2) is 22.7 Å². The number of hydrogen-bond donors (Lipinski definition) is 1. The third-order valence-electron chi connectivity index (χ3n) is 2.20. The van der Waals surface area contributed by atoms with Gasteiger partial charge in [-0.1, -0.05) is 0 Å². The summed E-state index contributed by atoms with van der Waals surface area (Å²) in [6, 6.07) is 4.09. The molecule has 0 heterocycles. The van der Waals surface area contributed by atoms with Crippen molar-refractivity contribution >= 4 is 34.2 Å². The molecule has 0 saturated heterocycles. The summed E-state index contributed by atoms with van der Waals surface area (Å²) in [6.07, 6.45) is 0. The van der Waals surface area contributed by atoms with E-state index in [4.69, 9.17) is 0 Å². The summed E-state index contributed by atoms with van der Waals surface area (Å²) < 4.78 is 13.6. The molecule has 0 saturated carbocycles. The second kappa shape index (κ2) is 7.63. The molecule has 0 spiro atoms. The van der Waals surface area contributed by atoms with Gasteiger partial charge >= 0.3 is 0 Å². The molecule has 0 fully saturated rings. The van der Waals surface area contributed by atoms with Crippen LogP contribution in [0.1, 0.15) is 10.4 Å². The van der Waals surface area contributed by atoms with Gasteiger partial charge in [0.15, 0.2) is 0 Å². The Morgan fingerprint density at radius 3 is 2.76 bits per heavy atom. The molecule has 1 amide bonds. The van der Waals surface area contributed by atoms with Gasteiger partial charge in [0.2, 0.25) is 0 Å². The summed E-state index contributed by atoms with van der Waals surface area (Å²) in [6.45, 7) is 1.29. The number of carbonyl (C=O) groups is 1. The van der Waals surface area contributed by atoms with Gasteiger partial charge < -0.3 is 10.2 Å². The van der Waals surface area contributed by atoms with Crippen LogP contribution in [0.4, 0.5) is 4.39 Å². The number of hydrogen-bond acceptors (Lipinski definition) is 2. The van der Waals surface area contributed by atoms with Gasteiger partial charge in [0.05, 0.1) is 5.56 Å². The molecule has 0 bridgehead atoms. The number of amides is 1. The van der Waals surface area contributed by atoms with Crippen LogP contribution in [-0.2, 0) is 0 Å². The maximum Gasteiger partial charge on any atom is 0.254 e. The zero-order valence-corrected chi connectivity index (χ0v) is 12.1. The smallest absolute Gasteiger partial charge is 0.254 e. The number of nitrogens with one attached hydrogen (secondary N) is 1. The number of rotatable bonds is 4. The van der Waals surface area contributed by atoms with E-state index < -0.39 is 5.82 Å². The molecule has 0 aliphatic rings. The highest BCUT2D eigenvalue weighted by Gasteiger charge is 2.15. The van der Waals surface area contributed by atoms with Crippen molar-refractivity contribution in [3.8, 4) is 0 Å². The van der Waals surface area contributed by atoms with Crippen LogP contribution in [0.2, 0.25) is 0 Å². The average molecular weight is 326 g/mol. The Morgan fingerprint density at radius 2 is 2.18 bits per heavy atom. The highest BCUT2D eigenvalue weighted by atomic mass is 79.9. The molecule has 1 aromatic rings. The van der Waals surface area contributed by atoms with Crippen LogP contribution in [0.25, 0.3) is 0 Å². The van der Waals surface area contributed by atoms with Crippen molar-refractivity contribution in [3.63, 3.8) is 0 Å². The Morgan fingerprint density at radius 1 is 1.53 bits per heavy atom. The van der Waals surface area contributed by atoms with Crippen LogP contribution >= 0.6 is 28.3 Å². The molecule has 0 atom stereocenters. The number of likely N-dealkylation sites (N-methyl/N-ethyl adjacent to an activating group) is 2. The van der Waals surface area contributed by atoms with Gasteiger partial charge in [0.1, 0.15) is 5.82 Å². The van der Waals surface area contributed by atoms with Crippen molar-refractivity contribution in [3.05, 3.63) is 34.1 Å². The number of benzene rings is 1. The maximum atomic E-state index is 13.0. The standard InChI is InChI=1S/C11H14BrFN2O.ClH/c1-14-5-6-15(2)11(16)9-7-8(13)3-4-10(9)12;/h3-4,7,14H,5-6H2,1-2H3;1H. The molecule has 1 rings (SSSR count). The summed E-state index contributed by atoms with van der Waals surface area (Å²) in [4.78, 5) is 13.5. The molecular weight excluding hydrogens is 310 g/mol. The Balaban J connectivity index is 0.00000256. The first-order chi connectivity index (χ1) is 7.56. The predicted molar refractivity (Wildman–Crippen MR) is 72.2 cm³/mol. The van der Waals surface area contributed by atoms with E-state index in [1.165, 1.54) is 18.2 Å². The van der Waals surface area contributed by atoms with E-state index in [0.29, 0.717) is 23.1 Å². The van der Waals surface area contributed by atoms with Crippen molar-refractivity contribution in [2.75, 3.05) is 27.2 Å². The lowest BCUT2D eigenvalue weighted by Gasteiger charge is -2.17. The van der Waals surface area contributed by atoms with Crippen LogP contribution in [-0.4, -0.2) is 38.0 Å². The summed E-state index contributed by atoms with van der Waals surface area (Å²) in [5, 5.41) is 2.95. The van der Waals surface area contributed by atoms with E-state index in [0.717, 1.165) is 0 Å². The van der Waals surface area contributed by atoms with Gasteiger partial charge in [0, 0.05) is 24.6 Å². The van der Waals surface area contributed by atoms with Crippen LogP contribution < -0.4 is 5.32 Å². The van der Waals surface area contributed by atoms with E-state index in [-0.39, 0.29) is 18.3 Å². The number of carbonyl (C=O) groups excluding carboxylic acids is 1. The first-order valence-electron chi connectivity index (χ1n) is 4.91. The number of nitrogens with zero attached hydrogens (tertiary/aromatic N) is 1. The zero-order chi connectivity index (χ0) is 12.1. The Bertz CT molecular complexity index is 390. The van der Waals surface area contributed by atoms with Crippen molar-refractivity contribution in [2.45, 2.75) is 0 Å². The first-order valence-corrected chi connectivity index (χ1v) is 5.70. The summed E-state index contributed by atoms with van der Waals surface area (Å²) >= 11 is 3.24. The fourth-order valence-corrected chi connectivity index (χ4v) is 1.66. The first kappa shape index (κ1) is 16.4. The minimum Gasteiger partial charge on any atom is -0.340 e. The molecule has 17 heavy (non-hydrogen) atoms. The van der Waals surface area contributed by atoms with Crippen LogP contribution in [0, 0.1) is 5.82 Å². The molecule has 96 valence electrons. The van der Waals surface area contributed by atoms with Gasteiger partial charge in [0.25, 0.3) is 5.91 Å². The van der Waals surface area contributed by atoms with E-state index >= 15 is 0 Å². The highest BCUT2D eigenvalue weighted by molar-refractivity contribution is 9.10. The molecule has 6 heteroatoms. The monoisotopic (exact) mass is 324 g/mol. The summed E-state index contributed by atoms with van der Waals surface area (Å²) in [5.41, 5.74) is 0.346. The van der Waals surface area contributed by atoms with Gasteiger partial charge in [-0.3, -0.25) is 4.79 Å². The Kier molecular flexibility index (Phi) is 7.34. The Hall–Kier alpha value is -0.650. The minimum atomic E-state index is -0.409. The molecule has 0 aliphatic carbocycles. The zero-order valence-electron chi connectivity index (χ0n) is 9.67. The fraction of sp³-hybridized carbons (Fsp3) is 0.364. The van der Waals surface area contributed by atoms with Crippen LogP contribution in [0.5, 0.6) is 0 Å². The van der Waals surface area contributed by atoms with Gasteiger partial charge in [-0.15, -0.1) is 12.4 Å². The van der Waals surface area contributed by atoms with Crippen molar-refractivity contribution in [1.29, 1.82) is 0 Å². The van der Waals surface area contributed by atoms with E-state index in [2.05, 4.69) is 21.2 Å². The maximum absolute atomic E-state index is 13.0. The van der Waals surface area contributed by atoms with Crippen molar-refractivity contribution in [2.24, 2.45) is 0 Å². The van der Waals surface area contributed by atoms with Gasteiger partial charge in [-0.05, 0) is 41.2 Å². The molecular formula is C11H15BrClFN2O. The predicted octanol–water partition coefficient (Wildman–Crippen LogP) is 2.30. The molecule has 1 aromatic carbocycles. The topological polar surface area (TPSA) is 32.3 Å². The van der Waals surface area contributed by atoms with E-state index in [1.54, 1.807) is 11.9 Å². The normalized spacial score (nSPS) is 9.65. The van der Waals surface area contributed by atoms with Crippen LogP contribution in [0.3, 0.4) is 0 Å². The van der Waals surface area contributed by atoms with Crippen molar-refractivity contribution < 1.29 is 9.18 Å². The highest BCUT2D eigenvalue weighted by Crippen LogP contribution is 2.19. The second-order valence-corrected chi connectivity index (χ2v) is 4.31. The second-order valence-electron chi connectivity index (χ2n) is 3.45. The quantitative estimate of drug-likeness (QED) is 0.921. The van der Waals surface area contributed by atoms with E-state index in [9.17, 15) is 9.18 Å². The lowest BCUT2D eigenvalue weighted by Crippen LogP contribution is -2.33. The van der Waals surface area contributed by atoms with Gasteiger partial charge in [-0.2, -0.15) is 0 Å². The molecule has 3 nitrogen and oxygen atoms in total. The average Bonchev–Trinajstić information content (AvgIpc) is 2.28. The molecule has 0 aliphatic heterocycles. The lowest BCUT2D eigenvalue weighted by molar-refractivity contribution is 0.0795. The number of halogens is 3. The minimum absolute atomic E-state index is 0. The summed E-state index contributed by atoms with van der Waals surface area (Å²) in [5.74, 6) is -0.602. The largest absolute Gasteiger partial charge is 0.340 e. The molecule has 0 radical (unpaired) electrons. The summed E-state index contributed by atoms with van der Waals surface area (Å²) in [7, 11) is 3.51. The third kappa shape index (κ3) is 4.61. The Labute approximate surface area is 115 Å². The lowest BCUT2D eigenvalue weighted by atomic mass is 10.2. The molecule has 0 aromatic heterocycles. The molecule has 1 N–H and O–H groups in total. The van der Waals surface area contributed by atoms with Crippen molar-refractivity contribution in [1.82, 2.24) is 10.2 Å².